The Morgan fingerprint density at radius 1 is 1.13 bits per heavy atom. The number of nitrogens with zero attached hydrogens (tertiary/aromatic N) is 3. The monoisotopic (exact) mass is 434 g/mol. The second kappa shape index (κ2) is 9.16. The first-order chi connectivity index (χ1) is 15.3. The number of benzene rings is 1. The Morgan fingerprint density at radius 3 is 2.77 bits per heavy atom. The Hall–Kier alpha value is -2.77. The molecule has 6 nitrogen and oxygen atoms in total. The summed E-state index contributed by atoms with van der Waals surface area (Å²) < 4.78 is 6.58. The lowest BCUT2D eigenvalue weighted by molar-refractivity contribution is -0.125. The molecule has 160 valence electrons. The summed E-state index contributed by atoms with van der Waals surface area (Å²) in [5.74, 6) is 1.09. The first-order valence-electron chi connectivity index (χ1n) is 10.8. The minimum Gasteiger partial charge on any atom is -0.378 e. The zero-order valence-corrected chi connectivity index (χ0v) is 18.2. The maximum atomic E-state index is 13.1. The van der Waals surface area contributed by atoms with Gasteiger partial charge in [-0.3, -0.25) is 4.79 Å². The van der Waals surface area contributed by atoms with Gasteiger partial charge in [-0.25, -0.2) is 9.97 Å². The maximum absolute atomic E-state index is 13.1. The van der Waals surface area contributed by atoms with Gasteiger partial charge >= 0.3 is 0 Å². The first-order valence-corrected chi connectivity index (χ1v) is 11.7. The van der Waals surface area contributed by atoms with Gasteiger partial charge in [0.1, 0.15) is 5.82 Å². The second-order valence-electron chi connectivity index (χ2n) is 8.02. The van der Waals surface area contributed by atoms with E-state index in [9.17, 15) is 4.79 Å². The number of allylic oxidation sites excluding steroid dienone is 2. The first kappa shape index (κ1) is 20.2. The molecule has 1 aliphatic carbocycles. The molecule has 0 saturated carbocycles. The van der Waals surface area contributed by atoms with E-state index in [2.05, 4.69) is 33.4 Å². The van der Waals surface area contributed by atoms with Crippen molar-refractivity contribution in [2.75, 3.05) is 31.2 Å². The predicted molar refractivity (Wildman–Crippen MR) is 123 cm³/mol. The molecule has 2 aromatic heterocycles. The fourth-order valence-corrected chi connectivity index (χ4v) is 5.39. The van der Waals surface area contributed by atoms with Gasteiger partial charge in [-0.2, -0.15) is 0 Å². The van der Waals surface area contributed by atoms with Gasteiger partial charge in [-0.05, 0) is 36.6 Å². The van der Waals surface area contributed by atoms with Gasteiger partial charge in [0.2, 0.25) is 5.91 Å². The fraction of sp³-hybridized carbons (Fsp3) is 0.375. The SMILES string of the molecule is O=C(NCc1ccc(N2CCOCC2)nc1)[C@@H]1CC=CC[C@H]1c1nc2ccccc2s1. The highest BCUT2D eigenvalue weighted by Gasteiger charge is 2.32. The van der Waals surface area contributed by atoms with Crippen molar-refractivity contribution >= 4 is 33.3 Å². The molecule has 1 amide bonds. The number of hydrogen-bond acceptors (Lipinski definition) is 6. The lowest BCUT2D eigenvalue weighted by Gasteiger charge is -2.28. The average molecular weight is 435 g/mol. The molecule has 1 fully saturated rings. The molecule has 0 bridgehead atoms. The van der Waals surface area contributed by atoms with Gasteiger partial charge in [0.25, 0.3) is 0 Å². The van der Waals surface area contributed by atoms with Crippen molar-refractivity contribution < 1.29 is 9.53 Å². The molecular formula is C24H26N4O2S. The molecule has 31 heavy (non-hydrogen) atoms. The third-order valence-electron chi connectivity index (χ3n) is 6.01. The number of aromatic nitrogens is 2. The molecule has 2 aliphatic rings. The van der Waals surface area contributed by atoms with Crippen LogP contribution in [-0.4, -0.2) is 42.2 Å². The third-order valence-corrected chi connectivity index (χ3v) is 7.18. The number of para-hydroxylation sites is 1. The summed E-state index contributed by atoms with van der Waals surface area (Å²) in [7, 11) is 0. The number of morpholine rings is 1. The van der Waals surface area contributed by atoms with E-state index in [1.165, 1.54) is 4.70 Å². The summed E-state index contributed by atoms with van der Waals surface area (Å²) in [5.41, 5.74) is 2.02. The summed E-state index contributed by atoms with van der Waals surface area (Å²) in [5, 5.41) is 4.19. The molecule has 3 heterocycles. The van der Waals surface area contributed by atoms with Crippen molar-refractivity contribution in [2.24, 2.45) is 5.92 Å². The van der Waals surface area contributed by atoms with Gasteiger partial charge < -0.3 is 15.0 Å². The summed E-state index contributed by atoms with van der Waals surface area (Å²) in [6.07, 6.45) is 7.76. The van der Waals surface area contributed by atoms with Crippen LogP contribution in [0.5, 0.6) is 0 Å². The van der Waals surface area contributed by atoms with E-state index in [0.29, 0.717) is 6.54 Å². The molecule has 1 N–H and O–H groups in total. The number of carbonyl (C=O) groups excluding carboxylic acids is 1. The maximum Gasteiger partial charge on any atom is 0.224 e. The van der Waals surface area contributed by atoms with E-state index in [1.807, 2.05) is 36.5 Å². The van der Waals surface area contributed by atoms with Gasteiger partial charge in [-0.1, -0.05) is 30.4 Å². The molecule has 1 saturated heterocycles. The van der Waals surface area contributed by atoms with Crippen molar-refractivity contribution in [3.8, 4) is 0 Å². The average Bonchev–Trinajstić information content (AvgIpc) is 3.28. The zero-order chi connectivity index (χ0) is 21.0. The van der Waals surface area contributed by atoms with Crippen LogP contribution in [0.25, 0.3) is 10.2 Å². The molecule has 0 spiro atoms. The summed E-state index contributed by atoms with van der Waals surface area (Å²) in [4.78, 5) is 24.7. The Morgan fingerprint density at radius 2 is 1.97 bits per heavy atom. The summed E-state index contributed by atoms with van der Waals surface area (Å²) in [6.45, 7) is 3.70. The van der Waals surface area contributed by atoms with Crippen LogP contribution in [0.3, 0.4) is 0 Å². The van der Waals surface area contributed by atoms with E-state index in [4.69, 9.17) is 9.72 Å². The molecule has 7 heteroatoms. The normalized spacial score (nSPS) is 21.4. The molecule has 1 aromatic carbocycles. The van der Waals surface area contributed by atoms with Gasteiger partial charge in [0, 0.05) is 31.7 Å². The number of anilines is 1. The van der Waals surface area contributed by atoms with E-state index in [0.717, 1.165) is 61.1 Å². The lowest BCUT2D eigenvalue weighted by Crippen LogP contribution is -2.36. The van der Waals surface area contributed by atoms with Gasteiger partial charge in [0.15, 0.2) is 0 Å². The van der Waals surface area contributed by atoms with E-state index in [1.54, 1.807) is 11.3 Å². The quantitative estimate of drug-likeness (QED) is 0.617. The van der Waals surface area contributed by atoms with E-state index in [-0.39, 0.29) is 17.7 Å². The number of nitrogens with one attached hydrogen (secondary N) is 1. The number of ether oxygens (including phenoxy) is 1. The molecule has 2 atom stereocenters. The molecular weight excluding hydrogens is 408 g/mol. The van der Waals surface area contributed by atoms with Crippen LogP contribution in [0, 0.1) is 5.92 Å². The van der Waals surface area contributed by atoms with Gasteiger partial charge in [-0.15, -0.1) is 11.3 Å². The second-order valence-corrected chi connectivity index (χ2v) is 9.08. The number of thiazole rings is 1. The summed E-state index contributed by atoms with van der Waals surface area (Å²) in [6, 6.07) is 12.3. The van der Waals surface area contributed by atoms with E-state index >= 15 is 0 Å². The predicted octanol–water partition coefficient (Wildman–Crippen LogP) is 3.89. The third kappa shape index (κ3) is 4.48. The topological polar surface area (TPSA) is 67.4 Å². The van der Waals surface area contributed by atoms with Crippen molar-refractivity contribution in [2.45, 2.75) is 25.3 Å². The van der Waals surface area contributed by atoms with E-state index < -0.39 is 0 Å². The largest absolute Gasteiger partial charge is 0.378 e. The lowest BCUT2D eigenvalue weighted by atomic mass is 9.82. The minimum atomic E-state index is -0.0915. The van der Waals surface area contributed by atoms with Crippen LogP contribution in [0.1, 0.15) is 29.3 Å². The molecule has 0 radical (unpaired) electrons. The smallest absolute Gasteiger partial charge is 0.224 e. The standard InChI is InChI=1S/C24H26N4O2S/c29-23(26-16-17-9-10-22(25-15-17)28-11-13-30-14-12-28)18-5-1-2-6-19(18)24-27-20-7-3-4-8-21(20)31-24/h1-4,7-10,15,18-19H,5-6,11-14,16H2,(H,26,29)/t18-,19-/m1/s1. The number of amides is 1. The number of pyridine rings is 1. The summed E-state index contributed by atoms with van der Waals surface area (Å²) >= 11 is 1.71. The van der Waals surface area contributed by atoms with Crippen molar-refractivity contribution in [1.29, 1.82) is 0 Å². The van der Waals surface area contributed by atoms with Crippen molar-refractivity contribution in [3.63, 3.8) is 0 Å². The van der Waals surface area contributed by atoms with Gasteiger partial charge in [0.05, 0.1) is 34.4 Å². The number of rotatable bonds is 5. The van der Waals surface area contributed by atoms with Crippen LogP contribution in [0.2, 0.25) is 0 Å². The Labute approximate surface area is 186 Å². The number of carbonyl (C=O) groups is 1. The highest BCUT2D eigenvalue weighted by molar-refractivity contribution is 7.18. The highest BCUT2D eigenvalue weighted by Crippen LogP contribution is 2.38. The number of fused-ring (bicyclic) bond motifs is 1. The molecule has 5 rings (SSSR count). The van der Waals surface area contributed by atoms with Crippen molar-refractivity contribution in [3.05, 3.63) is 65.3 Å². The molecule has 3 aromatic rings. The fourth-order valence-electron chi connectivity index (χ4n) is 4.25. The Kier molecular flexibility index (Phi) is 5.95. The van der Waals surface area contributed by atoms with Crippen LogP contribution >= 0.6 is 11.3 Å². The Bertz CT molecular complexity index is 1040. The van der Waals surface area contributed by atoms with Crippen molar-refractivity contribution in [1.82, 2.24) is 15.3 Å². The zero-order valence-electron chi connectivity index (χ0n) is 17.4. The molecule has 0 unspecified atom stereocenters. The molecule has 1 aliphatic heterocycles. The van der Waals surface area contributed by atoms with Crippen LogP contribution in [-0.2, 0) is 16.1 Å². The Balaban J connectivity index is 1.24. The van der Waals surface area contributed by atoms with Crippen LogP contribution < -0.4 is 10.2 Å². The number of hydrogen-bond donors (Lipinski definition) is 1. The van der Waals surface area contributed by atoms with Crippen LogP contribution in [0.15, 0.2) is 54.7 Å². The van der Waals surface area contributed by atoms with Crippen LogP contribution in [0.4, 0.5) is 5.82 Å². The highest BCUT2D eigenvalue weighted by atomic mass is 32.1. The minimum absolute atomic E-state index is 0.0888.